The van der Waals surface area contributed by atoms with Crippen molar-refractivity contribution in [1.29, 1.82) is 0 Å². The fourth-order valence-corrected chi connectivity index (χ4v) is 6.35. The Morgan fingerprint density at radius 1 is 0.891 bits per heavy atom. The number of carboxylic acids is 1. The highest BCUT2D eigenvalue weighted by molar-refractivity contribution is 7.98. The standard InChI is InChI=1S/C35H60NO8PS/c1-24(2)12-10-13-27(7)14-11-15-28(8)16-18-45(42,43)23-44-22-30(37)21-31(25(3)4)34(39)36-33(26(5)6)32(38)20-29(35(40)41)17-19-46-9/h12,14,16,25-26,29,31,33H,10-11,13,15,17-23H2,1-9H3,(H,36,39)(H,40,41)(H,42,43)/b27-14+,28-16+. The zero-order valence-corrected chi connectivity index (χ0v) is 31.3. The summed E-state index contributed by atoms with van der Waals surface area (Å²) in [6, 6.07) is -0.874. The zero-order chi connectivity index (χ0) is 35.4. The summed E-state index contributed by atoms with van der Waals surface area (Å²) in [6.45, 7) is 15.0. The lowest BCUT2D eigenvalue weighted by Crippen LogP contribution is -2.48. The van der Waals surface area contributed by atoms with E-state index < -0.39 is 50.1 Å². The molecule has 0 bridgehead atoms. The van der Waals surface area contributed by atoms with Crippen LogP contribution in [0.5, 0.6) is 0 Å². The van der Waals surface area contributed by atoms with E-state index in [1.165, 1.54) is 22.9 Å². The van der Waals surface area contributed by atoms with Gasteiger partial charge in [0.2, 0.25) is 13.3 Å². The van der Waals surface area contributed by atoms with Crippen LogP contribution in [0.3, 0.4) is 0 Å². The molecule has 4 unspecified atom stereocenters. The van der Waals surface area contributed by atoms with Gasteiger partial charge in [0.15, 0.2) is 11.6 Å². The van der Waals surface area contributed by atoms with Crippen molar-refractivity contribution >= 4 is 42.6 Å². The first-order chi connectivity index (χ1) is 21.4. The smallest absolute Gasteiger partial charge is 0.306 e. The Balaban J connectivity index is 4.98. The molecule has 264 valence electrons. The average Bonchev–Trinajstić information content (AvgIpc) is 2.94. The number of ketones is 2. The van der Waals surface area contributed by atoms with Crippen molar-refractivity contribution in [2.24, 2.45) is 23.7 Å². The topological polar surface area (TPSA) is 147 Å². The minimum atomic E-state index is -3.65. The number of aliphatic carboxylic acids is 1. The van der Waals surface area contributed by atoms with Gasteiger partial charge in [-0.3, -0.25) is 23.7 Å². The van der Waals surface area contributed by atoms with E-state index >= 15 is 0 Å². The van der Waals surface area contributed by atoms with E-state index in [0.717, 1.165) is 31.3 Å². The van der Waals surface area contributed by atoms with Gasteiger partial charge in [0.05, 0.1) is 12.0 Å². The van der Waals surface area contributed by atoms with Crippen molar-refractivity contribution in [2.75, 3.05) is 31.1 Å². The maximum atomic E-state index is 13.2. The summed E-state index contributed by atoms with van der Waals surface area (Å²) in [5.41, 5.74) is 3.65. The van der Waals surface area contributed by atoms with Crippen LogP contribution in [0, 0.1) is 23.7 Å². The molecule has 11 heteroatoms. The molecule has 0 saturated heterocycles. The Kier molecular flexibility index (Phi) is 22.3. The Bertz CT molecular complexity index is 1120. The highest BCUT2D eigenvalue weighted by atomic mass is 32.2. The number of carboxylic acid groups (broad SMARTS) is 1. The second kappa shape index (κ2) is 23.3. The number of carbonyl (C=O) groups excluding carboxylic acids is 3. The molecule has 3 N–H and O–H groups in total. The van der Waals surface area contributed by atoms with Crippen LogP contribution in [0.2, 0.25) is 0 Å². The minimum absolute atomic E-state index is 0.0437. The van der Waals surface area contributed by atoms with Crippen LogP contribution in [0.1, 0.15) is 100 Å². The van der Waals surface area contributed by atoms with Crippen molar-refractivity contribution < 1.29 is 38.5 Å². The van der Waals surface area contributed by atoms with Gasteiger partial charge in [-0.25, -0.2) is 0 Å². The minimum Gasteiger partial charge on any atom is -0.481 e. The third-order valence-electron chi connectivity index (χ3n) is 7.77. The van der Waals surface area contributed by atoms with Crippen LogP contribution in [0.25, 0.3) is 0 Å². The molecule has 0 aliphatic carbocycles. The number of thioether (sulfide) groups is 1. The van der Waals surface area contributed by atoms with E-state index in [1.54, 1.807) is 33.8 Å². The molecule has 0 heterocycles. The van der Waals surface area contributed by atoms with Gasteiger partial charge in [-0.05, 0) is 83.6 Å². The van der Waals surface area contributed by atoms with Crippen LogP contribution in [0.4, 0.5) is 0 Å². The fraction of sp³-hybridized carbons (Fsp3) is 0.714. The first kappa shape index (κ1) is 44.0. The van der Waals surface area contributed by atoms with Crippen LogP contribution in [0.15, 0.2) is 34.9 Å². The molecule has 0 aromatic carbocycles. The first-order valence-corrected chi connectivity index (χ1v) is 19.7. The molecule has 4 atom stereocenters. The largest absolute Gasteiger partial charge is 0.481 e. The van der Waals surface area contributed by atoms with Gasteiger partial charge in [-0.2, -0.15) is 11.8 Å². The number of hydrogen-bond donors (Lipinski definition) is 3. The Morgan fingerprint density at radius 3 is 2.00 bits per heavy atom. The van der Waals surface area contributed by atoms with E-state index in [2.05, 4.69) is 38.2 Å². The van der Waals surface area contributed by atoms with Crippen molar-refractivity contribution in [3.8, 4) is 0 Å². The van der Waals surface area contributed by atoms with Gasteiger partial charge in [0, 0.05) is 24.9 Å². The van der Waals surface area contributed by atoms with Crippen LogP contribution in [-0.4, -0.2) is 70.6 Å². The molecular weight excluding hydrogens is 625 g/mol. The van der Waals surface area contributed by atoms with Crippen LogP contribution < -0.4 is 5.32 Å². The van der Waals surface area contributed by atoms with E-state index in [0.29, 0.717) is 12.2 Å². The molecule has 0 saturated carbocycles. The molecule has 46 heavy (non-hydrogen) atoms. The summed E-state index contributed by atoms with van der Waals surface area (Å²) in [4.78, 5) is 61.0. The van der Waals surface area contributed by atoms with E-state index in [-0.39, 0.29) is 42.4 Å². The second-order valence-corrected chi connectivity index (χ2v) is 16.6. The Labute approximate surface area is 281 Å². The molecule has 0 aliphatic heterocycles. The molecule has 0 fully saturated rings. The van der Waals surface area contributed by atoms with E-state index in [9.17, 15) is 33.7 Å². The molecule has 0 aromatic heterocycles. The van der Waals surface area contributed by atoms with Crippen molar-refractivity contribution in [2.45, 2.75) is 106 Å². The fourth-order valence-electron chi connectivity index (χ4n) is 4.75. The normalized spacial score (nSPS) is 15.7. The monoisotopic (exact) mass is 685 g/mol. The van der Waals surface area contributed by atoms with Gasteiger partial charge < -0.3 is 20.1 Å². The maximum Gasteiger partial charge on any atom is 0.306 e. The van der Waals surface area contributed by atoms with Gasteiger partial charge in [-0.15, -0.1) is 0 Å². The van der Waals surface area contributed by atoms with Gasteiger partial charge in [-0.1, -0.05) is 62.6 Å². The molecule has 1 amide bonds. The van der Waals surface area contributed by atoms with Gasteiger partial charge >= 0.3 is 5.97 Å². The summed E-state index contributed by atoms with van der Waals surface area (Å²) in [7, 11) is -3.65. The highest BCUT2D eigenvalue weighted by Crippen LogP contribution is 2.40. The number of amides is 1. The molecule has 0 aromatic rings. The molecule has 0 radical (unpaired) electrons. The maximum absolute atomic E-state index is 13.2. The van der Waals surface area contributed by atoms with Gasteiger partial charge in [0.25, 0.3) is 0 Å². The zero-order valence-electron chi connectivity index (χ0n) is 29.6. The average molecular weight is 686 g/mol. The summed E-state index contributed by atoms with van der Waals surface area (Å²) in [5, 5.41) is 12.3. The number of hydrogen-bond acceptors (Lipinski definition) is 7. The first-order valence-electron chi connectivity index (χ1n) is 16.3. The predicted molar refractivity (Wildman–Crippen MR) is 189 cm³/mol. The van der Waals surface area contributed by atoms with Crippen LogP contribution in [-0.2, 0) is 28.5 Å². The lowest BCUT2D eigenvalue weighted by molar-refractivity contribution is -0.144. The van der Waals surface area contributed by atoms with Crippen LogP contribution >= 0.6 is 19.1 Å². The molecule has 0 spiro atoms. The second-order valence-electron chi connectivity index (χ2n) is 13.3. The molecular formula is C35H60NO8PS. The quantitative estimate of drug-likeness (QED) is 0.0659. The van der Waals surface area contributed by atoms with E-state index in [1.807, 2.05) is 13.2 Å². The van der Waals surface area contributed by atoms with E-state index in [4.69, 9.17) is 4.74 Å². The molecule has 9 nitrogen and oxygen atoms in total. The number of rotatable bonds is 25. The SMILES string of the molecule is CSCCC(CC(=O)C(NC(=O)C(CC(=O)COCP(=O)(O)C/C=C(\C)CC/C=C(\C)CCC=C(C)C)C(C)C)C(C)C)C(=O)O. The third-order valence-corrected chi connectivity index (χ3v) is 9.75. The Hall–Kier alpha value is -2.00. The number of nitrogens with one attached hydrogen (secondary N) is 1. The summed E-state index contributed by atoms with van der Waals surface area (Å²) >= 11 is 1.51. The van der Waals surface area contributed by atoms with Crippen molar-refractivity contribution in [1.82, 2.24) is 5.32 Å². The number of allylic oxidation sites excluding steroid dienone is 6. The summed E-state index contributed by atoms with van der Waals surface area (Å²) in [5.74, 6) is -3.69. The lowest BCUT2D eigenvalue weighted by atomic mass is 9.87. The number of Topliss-reactive ketones (excluding diaryl/α,β-unsaturated/α-hetero) is 2. The lowest BCUT2D eigenvalue weighted by Gasteiger charge is -2.27. The molecule has 0 aliphatic rings. The molecule has 0 rings (SSSR count). The highest BCUT2D eigenvalue weighted by Gasteiger charge is 2.33. The Morgan fingerprint density at radius 2 is 1.48 bits per heavy atom. The number of ether oxygens (including phenoxy) is 1. The summed E-state index contributed by atoms with van der Waals surface area (Å²) < 4.78 is 18.0. The predicted octanol–water partition coefficient (Wildman–Crippen LogP) is 7.44. The van der Waals surface area contributed by atoms with Gasteiger partial charge in [0.1, 0.15) is 13.0 Å². The third kappa shape index (κ3) is 20.3. The van der Waals surface area contributed by atoms with Crippen molar-refractivity contribution in [3.63, 3.8) is 0 Å². The number of carbonyl (C=O) groups is 4. The summed E-state index contributed by atoms with van der Waals surface area (Å²) in [6.07, 6.45) is 11.3. The van der Waals surface area contributed by atoms with Crippen molar-refractivity contribution in [3.05, 3.63) is 34.9 Å².